The van der Waals surface area contributed by atoms with Crippen molar-refractivity contribution in [3.63, 3.8) is 0 Å². The molecule has 0 bridgehead atoms. The van der Waals surface area contributed by atoms with Gasteiger partial charge in [-0.05, 0) is 19.8 Å². The largest absolute Gasteiger partial charge is 0.481 e. The molecule has 0 saturated heterocycles. The number of hydrogen-bond donors (Lipinski definition) is 4. The Labute approximate surface area is 113 Å². The fourth-order valence-corrected chi connectivity index (χ4v) is 1.66. The molecule has 1 unspecified atom stereocenters. The molecule has 0 aromatic heterocycles. The number of urea groups is 1. The Morgan fingerprint density at radius 2 is 1.74 bits per heavy atom. The summed E-state index contributed by atoms with van der Waals surface area (Å²) in [5.74, 6) is -1.25. The summed E-state index contributed by atoms with van der Waals surface area (Å²) in [5.41, 5.74) is -0.965. The maximum atomic E-state index is 11.6. The zero-order valence-electron chi connectivity index (χ0n) is 11.9. The quantitative estimate of drug-likeness (QED) is 0.535. The van der Waals surface area contributed by atoms with Crippen molar-refractivity contribution in [2.45, 2.75) is 39.7 Å². The van der Waals surface area contributed by atoms with Crippen LogP contribution in [0.5, 0.6) is 0 Å². The number of likely N-dealkylation sites (N-methyl/N-ethyl adjacent to an activating group) is 1. The second kappa shape index (κ2) is 7.60. The van der Waals surface area contributed by atoms with E-state index in [9.17, 15) is 19.5 Å². The number of aliphatic carboxylic acids is 1. The van der Waals surface area contributed by atoms with E-state index in [1.807, 2.05) is 0 Å². The second-order valence-electron chi connectivity index (χ2n) is 4.46. The van der Waals surface area contributed by atoms with Crippen molar-refractivity contribution in [3.8, 4) is 0 Å². The molecule has 110 valence electrons. The monoisotopic (exact) mass is 273 g/mol. The molecule has 0 fully saturated rings. The van der Waals surface area contributed by atoms with Crippen LogP contribution in [0.1, 0.15) is 33.6 Å². The van der Waals surface area contributed by atoms with Gasteiger partial charge in [0.15, 0.2) is 0 Å². The van der Waals surface area contributed by atoms with Crippen molar-refractivity contribution in [1.82, 2.24) is 16.0 Å². The molecule has 0 aliphatic rings. The third-order valence-electron chi connectivity index (χ3n) is 3.38. The summed E-state index contributed by atoms with van der Waals surface area (Å²) in [6.07, 6.45) is 0.841. The van der Waals surface area contributed by atoms with E-state index in [1.165, 1.54) is 7.05 Å². The van der Waals surface area contributed by atoms with Gasteiger partial charge >= 0.3 is 12.0 Å². The molecule has 0 rings (SSSR count). The van der Waals surface area contributed by atoms with Crippen molar-refractivity contribution in [2.75, 3.05) is 13.6 Å². The van der Waals surface area contributed by atoms with E-state index < -0.39 is 23.5 Å². The van der Waals surface area contributed by atoms with Crippen LogP contribution in [-0.2, 0) is 9.59 Å². The van der Waals surface area contributed by atoms with Crippen molar-refractivity contribution >= 4 is 17.9 Å². The number of carboxylic acids is 1. The summed E-state index contributed by atoms with van der Waals surface area (Å²) in [6, 6.07) is -1.23. The maximum Gasteiger partial charge on any atom is 0.315 e. The molecule has 0 aromatic rings. The summed E-state index contributed by atoms with van der Waals surface area (Å²) < 4.78 is 0. The molecule has 0 aliphatic carbocycles. The number of amides is 3. The molecule has 0 radical (unpaired) electrons. The van der Waals surface area contributed by atoms with E-state index in [-0.39, 0.29) is 12.5 Å². The van der Waals surface area contributed by atoms with Gasteiger partial charge in [0.25, 0.3) is 0 Å². The molecule has 19 heavy (non-hydrogen) atoms. The van der Waals surface area contributed by atoms with Crippen molar-refractivity contribution < 1.29 is 19.5 Å². The van der Waals surface area contributed by atoms with Crippen molar-refractivity contribution in [3.05, 3.63) is 0 Å². The zero-order valence-corrected chi connectivity index (χ0v) is 11.9. The molecular weight excluding hydrogens is 250 g/mol. The van der Waals surface area contributed by atoms with Crippen LogP contribution in [0, 0.1) is 5.41 Å². The van der Waals surface area contributed by atoms with E-state index >= 15 is 0 Å². The first-order chi connectivity index (χ1) is 8.82. The van der Waals surface area contributed by atoms with Gasteiger partial charge in [-0.3, -0.25) is 9.59 Å². The summed E-state index contributed by atoms with van der Waals surface area (Å²) in [6.45, 7) is 5.11. The Morgan fingerprint density at radius 3 is 2.11 bits per heavy atom. The molecule has 0 aromatic carbocycles. The highest BCUT2D eigenvalue weighted by Gasteiger charge is 2.35. The summed E-state index contributed by atoms with van der Waals surface area (Å²) >= 11 is 0. The van der Waals surface area contributed by atoms with Crippen LogP contribution >= 0.6 is 0 Å². The Balaban J connectivity index is 4.42. The van der Waals surface area contributed by atoms with Crippen LogP contribution in [0.25, 0.3) is 0 Å². The van der Waals surface area contributed by atoms with Crippen LogP contribution in [0.15, 0.2) is 0 Å². The minimum atomic E-state index is -0.965. The Bertz CT molecular complexity index is 340. The molecule has 7 nitrogen and oxygen atoms in total. The van der Waals surface area contributed by atoms with E-state index in [0.717, 1.165) is 0 Å². The fraction of sp³-hybridized carbons (Fsp3) is 0.750. The summed E-state index contributed by atoms with van der Waals surface area (Å²) in [4.78, 5) is 34.0. The van der Waals surface area contributed by atoms with Crippen LogP contribution in [0.2, 0.25) is 0 Å². The van der Waals surface area contributed by atoms with Crippen LogP contribution in [0.4, 0.5) is 4.79 Å². The molecule has 0 spiro atoms. The number of rotatable bonds is 7. The summed E-state index contributed by atoms with van der Waals surface area (Å²) in [5, 5.41) is 16.6. The molecule has 0 aliphatic heterocycles. The van der Waals surface area contributed by atoms with Gasteiger partial charge in [-0.1, -0.05) is 13.8 Å². The van der Waals surface area contributed by atoms with Gasteiger partial charge in [-0.2, -0.15) is 0 Å². The Hall–Kier alpha value is -1.79. The van der Waals surface area contributed by atoms with Gasteiger partial charge in [0, 0.05) is 13.6 Å². The van der Waals surface area contributed by atoms with Crippen LogP contribution in [0.3, 0.4) is 0 Å². The molecule has 7 heteroatoms. The second-order valence-corrected chi connectivity index (χ2v) is 4.46. The van der Waals surface area contributed by atoms with E-state index in [0.29, 0.717) is 12.8 Å². The first-order valence-electron chi connectivity index (χ1n) is 6.32. The minimum Gasteiger partial charge on any atom is -0.481 e. The highest BCUT2D eigenvalue weighted by Crippen LogP contribution is 2.25. The van der Waals surface area contributed by atoms with Gasteiger partial charge in [0.2, 0.25) is 5.91 Å². The number of carboxylic acid groups (broad SMARTS) is 1. The first kappa shape index (κ1) is 17.2. The lowest BCUT2D eigenvalue weighted by Crippen LogP contribution is -2.51. The molecule has 4 N–H and O–H groups in total. The topological polar surface area (TPSA) is 108 Å². The third kappa shape index (κ3) is 4.76. The number of hydrogen-bond acceptors (Lipinski definition) is 3. The minimum absolute atomic E-state index is 0.0294. The Kier molecular flexibility index (Phi) is 6.89. The zero-order chi connectivity index (χ0) is 15.1. The van der Waals surface area contributed by atoms with E-state index in [2.05, 4.69) is 16.0 Å². The molecule has 0 saturated carbocycles. The number of carbonyl (C=O) groups excluding carboxylic acids is 2. The van der Waals surface area contributed by atoms with E-state index in [1.54, 1.807) is 20.8 Å². The molecule has 3 amide bonds. The standard InChI is InChI=1S/C12H23N3O4/c1-5-12(6-2,10(17)18)7-14-11(19)15-8(3)9(16)13-4/h8H,5-7H2,1-4H3,(H,13,16)(H,17,18)(H2,14,15,19). The van der Waals surface area contributed by atoms with Crippen molar-refractivity contribution in [1.29, 1.82) is 0 Å². The van der Waals surface area contributed by atoms with Crippen LogP contribution < -0.4 is 16.0 Å². The van der Waals surface area contributed by atoms with Gasteiger partial charge in [0.1, 0.15) is 6.04 Å². The predicted molar refractivity (Wildman–Crippen MR) is 70.7 cm³/mol. The predicted octanol–water partition coefficient (Wildman–Crippen LogP) is 0.311. The molecule has 1 atom stereocenters. The van der Waals surface area contributed by atoms with Gasteiger partial charge < -0.3 is 21.1 Å². The van der Waals surface area contributed by atoms with E-state index in [4.69, 9.17) is 0 Å². The lowest BCUT2D eigenvalue weighted by atomic mass is 9.82. The highest BCUT2D eigenvalue weighted by molar-refractivity contribution is 5.86. The fourth-order valence-electron chi connectivity index (χ4n) is 1.66. The molecule has 0 heterocycles. The normalized spacial score (nSPS) is 12.4. The smallest absolute Gasteiger partial charge is 0.315 e. The lowest BCUT2D eigenvalue weighted by Gasteiger charge is -2.27. The highest BCUT2D eigenvalue weighted by atomic mass is 16.4. The lowest BCUT2D eigenvalue weighted by molar-refractivity contribution is -0.149. The first-order valence-corrected chi connectivity index (χ1v) is 6.32. The van der Waals surface area contributed by atoms with Gasteiger partial charge in [0.05, 0.1) is 5.41 Å². The average Bonchev–Trinajstić information content (AvgIpc) is 2.39. The summed E-state index contributed by atoms with van der Waals surface area (Å²) in [7, 11) is 1.47. The third-order valence-corrected chi connectivity index (χ3v) is 3.38. The van der Waals surface area contributed by atoms with Gasteiger partial charge in [-0.15, -0.1) is 0 Å². The van der Waals surface area contributed by atoms with Crippen LogP contribution in [-0.4, -0.2) is 42.6 Å². The molecular formula is C12H23N3O4. The number of nitrogens with one attached hydrogen (secondary N) is 3. The SMILES string of the molecule is CCC(CC)(CNC(=O)NC(C)C(=O)NC)C(=O)O. The maximum absolute atomic E-state index is 11.6. The van der Waals surface area contributed by atoms with Gasteiger partial charge in [-0.25, -0.2) is 4.79 Å². The Morgan fingerprint density at radius 1 is 1.21 bits per heavy atom. The van der Waals surface area contributed by atoms with Crippen molar-refractivity contribution in [2.24, 2.45) is 5.41 Å². The average molecular weight is 273 g/mol. The number of carbonyl (C=O) groups is 3.